The maximum Gasteiger partial charge on any atom is 0.131 e. The number of hydrogen-bond acceptors (Lipinski definition) is 2. The maximum absolute atomic E-state index is 15.1. The van der Waals surface area contributed by atoms with Crippen molar-refractivity contribution in [1.82, 2.24) is 0 Å². The maximum atomic E-state index is 15.1. The van der Waals surface area contributed by atoms with Crippen LogP contribution in [0.25, 0.3) is 16.7 Å². The van der Waals surface area contributed by atoms with Crippen molar-refractivity contribution in [2.75, 3.05) is 7.11 Å². The summed E-state index contributed by atoms with van der Waals surface area (Å²) in [6, 6.07) is 18.0. The van der Waals surface area contributed by atoms with E-state index in [1.54, 1.807) is 19.2 Å². The Morgan fingerprint density at radius 1 is 0.892 bits per heavy atom. The van der Waals surface area contributed by atoms with E-state index in [-0.39, 0.29) is 11.2 Å². The van der Waals surface area contributed by atoms with Crippen molar-refractivity contribution in [3.8, 4) is 22.6 Å². The van der Waals surface area contributed by atoms with Gasteiger partial charge >= 0.3 is 0 Å². The van der Waals surface area contributed by atoms with Crippen LogP contribution < -0.4 is 9.47 Å². The largest absolute Gasteiger partial charge is 0.497 e. The van der Waals surface area contributed by atoms with Gasteiger partial charge in [-0.15, -0.1) is 0 Å². The number of fused-ring (bicyclic) bond motifs is 2. The van der Waals surface area contributed by atoms with E-state index in [2.05, 4.69) is 63.2 Å². The van der Waals surface area contributed by atoms with Crippen LogP contribution in [0.1, 0.15) is 75.1 Å². The number of ether oxygens (including phenoxy) is 2. The number of halogens is 1. The molecule has 37 heavy (non-hydrogen) atoms. The first kappa shape index (κ1) is 24.3. The SMILES string of the molecule is COc1ccc(F)c(-c2ccc(COc3ccc4c(c3)[C@@]3(CC4)CC[C@@H]3C)cc2C2=CCCC2(C)C)c1. The molecule has 6 rings (SSSR count). The van der Waals surface area contributed by atoms with Gasteiger partial charge in [0.25, 0.3) is 0 Å². The van der Waals surface area contributed by atoms with Gasteiger partial charge in [0, 0.05) is 5.56 Å². The summed E-state index contributed by atoms with van der Waals surface area (Å²) in [5.74, 6) is 2.13. The average Bonchev–Trinajstić information content (AvgIpc) is 3.47. The van der Waals surface area contributed by atoms with Crippen molar-refractivity contribution < 1.29 is 13.9 Å². The number of allylic oxidation sites excluding steroid dienone is 2. The summed E-state index contributed by atoms with van der Waals surface area (Å²) in [7, 11) is 1.62. The van der Waals surface area contributed by atoms with Crippen molar-refractivity contribution in [3.63, 3.8) is 0 Å². The number of hydrogen-bond donors (Lipinski definition) is 0. The molecule has 0 aliphatic heterocycles. The summed E-state index contributed by atoms with van der Waals surface area (Å²) < 4.78 is 26.8. The number of benzene rings is 3. The van der Waals surface area contributed by atoms with Crippen molar-refractivity contribution in [2.45, 2.75) is 71.3 Å². The van der Waals surface area contributed by atoms with E-state index in [9.17, 15) is 0 Å². The highest BCUT2D eigenvalue weighted by Crippen LogP contribution is 2.56. The smallest absolute Gasteiger partial charge is 0.131 e. The van der Waals surface area contributed by atoms with Crippen molar-refractivity contribution in [1.29, 1.82) is 0 Å². The lowest BCUT2D eigenvalue weighted by Gasteiger charge is -2.46. The first-order valence-corrected chi connectivity index (χ1v) is 13.7. The predicted molar refractivity (Wildman–Crippen MR) is 149 cm³/mol. The van der Waals surface area contributed by atoms with Gasteiger partial charge in [0.1, 0.15) is 23.9 Å². The highest BCUT2D eigenvalue weighted by atomic mass is 19.1. The second-order valence-corrected chi connectivity index (χ2v) is 12.0. The molecule has 3 aromatic rings. The highest BCUT2D eigenvalue weighted by molar-refractivity contribution is 5.85. The highest BCUT2D eigenvalue weighted by Gasteiger charge is 2.49. The van der Waals surface area contributed by atoms with Crippen LogP contribution in [0, 0.1) is 17.2 Å². The Morgan fingerprint density at radius 2 is 1.73 bits per heavy atom. The summed E-state index contributed by atoms with van der Waals surface area (Å²) >= 11 is 0. The summed E-state index contributed by atoms with van der Waals surface area (Å²) in [4.78, 5) is 0. The van der Waals surface area contributed by atoms with Gasteiger partial charge in [-0.25, -0.2) is 4.39 Å². The van der Waals surface area contributed by atoms with Gasteiger partial charge in [0.05, 0.1) is 7.11 Å². The van der Waals surface area contributed by atoms with Crippen LogP contribution in [-0.4, -0.2) is 7.11 Å². The molecule has 3 heteroatoms. The minimum atomic E-state index is -0.236. The lowest BCUT2D eigenvalue weighted by atomic mass is 9.58. The molecule has 3 aliphatic carbocycles. The average molecular weight is 497 g/mol. The second kappa shape index (κ2) is 9.04. The Kier molecular flexibility index (Phi) is 5.93. The third-order valence-corrected chi connectivity index (χ3v) is 9.52. The van der Waals surface area contributed by atoms with E-state index in [1.807, 2.05) is 0 Å². The fourth-order valence-electron chi connectivity index (χ4n) is 6.98. The fraction of sp³-hybridized carbons (Fsp3) is 0.412. The fourth-order valence-corrected chi connectivity index (χ4v) is 6.98. The van der Waals surface area contributed by atoms with Gasteiger partial charge in [-0.2, -0.15) is 0 Å². The Hall–Kier alpha value is -3.07. The number of methoxy groups -OCH3 is 1. The van der Waals surface area contributed by atoms with Crippen LogP contribution >= 0.6 is 0 Å². The third-order valence-electron chi connectivity index (χ3n) is 9.52. The van der Waals surface area contributed by atoms with E-state index in [1.165, 1.54) is 48.4 Å². The minimum absolute atomic E-state index is 0.0390. The molecule has 0 N–H and O–H groups in total. The van der Waals surface area contributed by atoms with Crippen LogP contribution in [0.15, 0.2) is 60.7 Å². The van der Waals surface area contributed by atoms with E-state index in [0.717, 1.165) is 41.2 Å². The van der Waals surface area contributed by atoms with E-state index >= 15 is 4.39 Å². The molecule has 1 saturated carbocycles. The quantitative estimate of drug-likeness (QED) is 0.339. The molecule has 0 bridgehead atoms. The number of rotatable bonds is 6. The van der Waals surface area contributed by atoms with Crippen LogP contribution in [0.2, 0.25) is 0 Å². The molecule has 3 aromatic carbocycles. The van der Waals surface area contributed by atoms with Gasteiger partial charge in [-0.05, 0) is 125 Å². The predicted octanol–water partition coefficient (Wildman–Crippen LogP) is 8.90. The molecular weight excluding hydrogens is 459 g/mol. The second-order valence-electron chi connectivity index (χ2n) is 12.0. The summed E-state index contributed by atoms with van der Waals surface area (Å²) in [6.07, 6.45) is 9.57. The zero-order valence-electron chi connectivity index (χ0n) is 22.5. The lowest BCUT2D eigenvalue weighted by Crippen LogP contribution is -2.40. The topological polar surface area (TPSA) is 18.5 Å². The lowest BCUT2D eigenvalue weighted by molar-refractivity contribution is 0.138. The molecule has 0 aromatic heterocycles. The van der Waals surface area contributed by atoms with E-state index in [0.29, 0.717) is 23.3 Å². The molecule has 3 aliphatic rings. The zero-order chi connectivity index (χ0) is 25.8. The molecule has 2 nitrogen and oxygen atoms in total. The first-order chi connectivity index (χ1) is 17.8. The van der Waals surface area contributed by atoms with Crippen molar-refractivity contribution in [3.05, 3.63) is 88.7 Å². The molecule has 0 unspecified atom stereocenters. The molecule has 0 amide bonds. The van der Waals surface area contributed by atoms with Crippen LogP contribution in [0.5, 0.6) is 11.5 Å². The normalized spacial score (nSPS) is 23.5. The van der Waals surface area contributed by atoms with Crippen LogP contribution in [0.3, 0.4) is 0 Å². The minimum Gasteiger partial charge on any atom is -0.497 e. The van der Waals surface area contributed by atoms with Gasteiger partial charge in [0.2, 0.25) is 0 Å². The summed E-state index contributed by atoms with van der Waals surface area (Å²) in [6.45, 7) is 7.45. The zero-order valence-corrected chi connectivity index (χ0v) is 22.5. The molecule has 1 spiro atoms. The van der Waals surface area contributed by atoms with Gasteiger partial charge < -0.3 is 9.47 Å². The summed E-state index contributed by atoms with van der Waals surface area (Å²) in [5.41, 5.74) is 8.38. The van der Waals surface area contributed by atoms with Crippen LogP contribution in [-0.2, 0) is 18.4 Å². The Labute approximate surface area is 220 Å². The van der Waals surface area contributed by atoms with E-state index < -0.39 is 0 Å². The van der Waals surface area contributed by atoms with Crippen molar-refractivity contribution >= 4 is 5.57 Å². The van der Waals surface area contributed by atoms with Gasteiger partial charge in [0.15, 0.2) is 0 Å². The Balaban J connectivity index is 1.33. The molecular formula is C34H37FO2. The monoisotopic (exact) mass is 496 g/mol. The molecule has 2 atom stereocenters. The van der Waals surface area contributed by atoms with Gasteiger partial charge in [-0.1, -0.05) is 45.0 Å². The van der Waals surface area contributed by atoms with E-state index in [4.69, 9.17) is 9.47 Å². The molecule has 192 valence electrons. The summed E-state index contributed by atoms with van der Waals surface area (Å²) in [5, 5.41) is 0. The molecule has 1 fully saturated rings. The van der Waals surface area contributed by atoms with Crippen LogP contribution in [0.4, 0.5) is 4.39 Å². The Bertz CT molecular complexity index is 1380. The number of aryl methyl sites for hydroxylation is 1. The Morgan fingerprint density at radius 3 is 2.43 bits per heavy atom. The molecule has 0 heterocycles. The standard InChI is InChI=1S/C34H37FO2/c1-22-13-16-34(22)17-14-24-8-9-26(20-31(24)34)37-21-23-7-11-27(29-19-25(36-4)10-12-32(29)35)28(18-23)30-6-5-15-33(30,2)3/h6-12,18-20,22H,5,13-17,21H2,1-4H3/t22-,34+/m0/s1. The molecule has 0 saturated heterocycles. The van der Waals surface area contributed by atoms with Gasteiger partial charge in [-0.3, -0.25) is 0 Å². The first-order valence-electron chi connectivity index (χ1n) is 13.7. The van der Waals surface area contributed by atoms with Crippen molar-refractivity contribution in [2.24, 2.45) is 11.3 Å². The third kappa shape index (κ3) is 4.07. The molecule has 0 radical (unpaired) electrons.